The first-order valence-corrected chi connectivity index (χ1v) is 6.74. The first-order chi connectivity index (χ1) is 9.15. The molecule has 19 heavy (non-hydrogen) atoms. The number of ether oxygens (including phenoxy) is 1. The van der Waals surface area contributed by atoms with Gasteiger partial charge < -0.3 is 10.1 Å². The van der Waals surface area contributed by atoms with E-state index in [1.807, 2.05) is 30.3 Å². The van der Waals surface area contributed by atoms with E-state index in [0.29, 0.717) is 12.3 Å². The smallest absolute Gasteiger partial charge is 0.315 e. The van der Waals surface area contributed by atoms with Gasteiger partial charge in [0.05, 0.1) is 6.61 Å². The predicted octanol–water partition coefficient (Wildman–Crippen LogP) is 1.91. The summed E-state index contributed by atoms with van der Waals surface area (Å²) in [5.41, 5.74) is 1.09. The van der Waals surface area contributed by atoms with Crippen molar-refractivity contribution in [3.8, 4) is 0 Å². The summed E-state index contributed by atoms with van der Waals surface area (Å²) in [5.74, 6) is -0.586. The van der Waals surface area contributed by atoms with Crippen molar-refractivity contribution in [2.45, 2.75) is 25.8 Å². The molecule has 0 radical (unpaired) electrons. The summed E-state index contributed by atoms with van der Waals surface area (Å²) in [6.07, 6.45) is 0.370. The van der Waals surface area contributed by atoms with E-state index < -0.39 is 5.97 Å². The molecule has 0 saturated heterocycles. The van der Waals surface area contributed by atoms with E-state index in [4.69, 9.17) is 16.3 Å². The average molecular weight is 284 g/mol. The van der Waals surface area contributed by atoms with Crippen molar-refractivity contribution in [1.82, 2.24) is 5.32 Å². The fraction of sp³-hybridized carbons (Fsp3) is 0.429. The Kier molecular flexibility index (Phi) is 6.97. The molecule has 1 unspecified atom stereocenters. The molecule has 1 aromatic carbocycles. The second-order valence-corrected chi connectivity index (χ2v) is 4.40. The van der Waals surface area contributed by atoms with Crippen LogP contribution in [0.4, 0.5) is 0 Å². The number of esters is 1. The number of rotatable bonds is 7. The van der Waals surface area contributed by atoms with E-state index in [1.54, 1.807) is 6.92 Å². The van der Waals surface area contributed by atoms with Crippen LogP contribution in [0.25, 0.3) is 0 Å². The highest BCUT2D eigenvalue weighted by Gasteiger charge is 2.15. The molecule has 0 bridgehead atoms. The molecule has 1 aromatic rings. The van der Waals surface area contributed by atoms with Crippen LogP contribution in [0.3, 0.4) is 0 Å². The van der Waals surface area contributed by atoms with Crippen molar-refractivity contribution < 1.29 is 14.3 Å². The highest BCUT2D eigenvalue weighted by Crippen LogP contribution is 2.05. The Morgan fingerprint density at radius 1 is 1.32 bits per heavy atom. The number of alkyl halides is 1. The van der Waals surface area contributed by atoms with Crippen LogP contribution >= 0.6 is 11.6 Å². The average Bonchev–Trinajstić information content (AvgIpc) is 2.39. The molecular formula is C14H18ClNO3. The summed E-state index contributed by atoms with van der Waals surface area (Å²) in [7, 11) is 0. The number of carbonyl (C=O) groups excluding carboxylic acids is 2. The molecule has 104 valence electrons. The zero-order valence-electron chi connectivity index (χ0n) is 10.9. The van der Waals surface area contributed by atoms with Crippen LogP contribution < -0.4 is 5.32 Å². The lowest BCUT2D eigenvalue weighted by Gasteiger charge is -2.15. The molecule has 0 aliphatic carbocycles. The maximum Gasteiger partial charge on any atom is 0.315 e. The van der Waals surface area contributed by atoms with Crippen LogP contribution in [-0.2, 0) is 20.7 Å². The van der Waals surface area contributed by atoms with Crippen LogP contribution in [0.1, 0.15) is 18.9 Å². The van der Waals surface area contributed by atoms with Gasteiger partial charge in [0.25, 0.3) is 0 Å². The lowest BCUT2D eigenvalue weighted by molar-refractivity contribution is -0.146. The third-order valence-electron chi connectivity index (χ3n) is 2.49. The first-order valence-electron chi connectivity index (χ1n) is 6.20. The molecule has 0 fully saturated rings. The molecule has 0 saturated carbocycles. The molecule has 0 heterocycles. The summed E-state index contributed by atoms with van der Waals surface area (Å²) in [6.45, 7) is 1.97. The normalized spacial score (nSPS) is 11.7. The number of halogens is 1. The molecule has 1 N–H and O–H groups in total. The second kappa shape index (κ2) is 8.53. The lowest BCUT2D eigenvalue weighted by Crippen LogP contribution is -2.38. The fourth-order valence-electron chi connectivity index (χ4n) is 1.66. The van der Waals surface area contributed by atoms with Crippen LogP contribution in [0.15, 0.2) is 30.3 Å². The zero-order chi connectivity index (χ0) is 14.1. The van der Waals surface area contributed by atoms with Gasteiger partial charge in [-0.1, -0.05) is 30.3 Å². The summed E-state index contributed by atoms with van der Waals surface area (Å²) in [5, 5.41) is 2.73. The second-order valence-electron chi connectivity index (χ2n) is 4.09. The number of hydrogen-bond acceptors (Lipinski definition) is 3. The summed E-state index contributed by atoms with van der Waals surface area (Å²) < 4.78 is 4.71. The van der Waals surface area contributed by atoms with Crippen molar-refractivity contribution in [3.63, 3.8) is 0 Å². The van der Waals surface area contributed by atoms with Gasteiger partial charge in [-0.25, -0.2) is 0 Å². The number of carbonyl (C=O) groups is 2. The molecule has 0 aliphatic heterocycles. The summed E-state index contributed by atoms with van der Waals surface area (Å²) in [6, 6.07) is 9.54. The minimum atomic E-state index is -0.520. The predicted molar refractivity (Wildman–Crippen MR) is 74.0 cm³/mol. The first kappa shape index (κ1) is 15.5. The lowest BCUT2D eigenvalue weighted by atomic mass is 10.1. The number of nitrogens with one attached hydrogen (secondary N) is 1. The zero-order valence-corrected chi connectivity index (χ0v) is 11.7. The van der Waals surface area contributed by atoms with E-state index >= 15 is 0 Å². The van der Waals surface area contributed by atoms with Gasteiger partial charge in [-0.15, -0.1) is 11.6 Å². The van der Waals surface area contributed by atoms with Gasteiger partial charge in [0.15, 0.2) is 0 Å². The minimum Gasteiger partial charge on any atom is -0.466 e. The molecule has 1 atom stereocenters. The molecule has 0 spiro atoms. The van der Waals surface area contributed by atoms with Crippen LogP contribution in [-0.4, -0.2) is 30.4 Å². The maximum atomic E-state index is 11.6. The van der Waals surface area contributed by atoms with E-state index in [9.17, 15) is 9.59 Å². The topological polar surface area (TPSA) is 55.4 Å². The Morgan fingerprint density at radius 3 is 2.58 bits per heavy atom. The molecule has 0 aromatic heterocycles. The van der Waals surface area contributed by atoms with Crippen molar-refractivity contribution in [2.24, 2.45) is 0 Å². The Hall–Kier alpha value is -1.55. The largest absolute Gasteiger partial charge is 0.466 e. The van der Waals surface area contributed by atoms with Gasteiger partial charge >= 0.3 is 5.97 Å². The third kappa shape index (κ3) is 6.25. The molecule has 1 rings (SSSR count). The van der Waals surface area contributed by atoms with E-state index in [2.05, 4.69) is 5.32 Å². The Morgan fingerprint density at radius 2 is 2.00 bits per heavy atom. The van der Waals surface area contributed by atoms with Crippen molar-refractivity contribution in [1.29, 1.82) is 0 Å². The number of hydrogen-bond donors (Lipinski definition) is 1. The Balaban J connectivity index is 2.44. The Labute approximate surface area is 118 Å². The minimum absolute atomic E-state index is 0.189. The fourth-order valence-corrected chi connectivity index (χ4v) is 1.85. The highest BCUT2D eigenvalue weighted by molar-refractivity contribution is 6.18. The Bertz CT molecular complexity index is 408. The van der Waals surface area contributed by atoms with Gasteiger partial charge in [0.1, 0.15) is 6.42 Å². The standard InChI is InChI=1S/C14H18ClNO3/c1-2-19-14(18)9-13(17)16-12(10-15)8-11-6-4-3-5-7-11/h3-7,12H,2,8-10H2,1H3,(H,16,17). The van der Waals surface area contributed by atoms with E-state index in [-0.39, 0.29) is 25.0 Å². The maximum absolute atomic E-state index is 11.6. The van der Waals surface area contributed by atoms with E-state index in [0.717, 1.165) is 5.56 Å². The van der Waals surface area contributed by atoms with Gasteiger partial charge in [-0.3, -0.25) is 9.59 Å². The van der Waals surface area contributed by atoms with Gasteiger partial charge in [0, 0.05) is 11.9 Å². The van der Waals surface area contributed by atoms with Crippen molar-refractivity contribution >= 4 is 23.5 Å². The number of amides is 1. The van der Waals surface area contributed by atoms with Crippen LogP contribution in [0.2, 0.25) is 0 Å². The third-order valence-corrected chi connectivity index (χ3v) is 2.86. The quantitative estimate of drug-likeness (QED) is 0.472. The molecular weight excluding hydrogens is 266 g/mol. The van der Waals surface area contributed by atoms with Crippen molar-refractivity contribution in [2.75, 3.05) is 12.5 Å². The monoisotopic (exact) mass is 283 g/mol. The van der Waals surface area contributed by atoms with Gasteiger partial charge in [-0.2, -0.15) is 0 Å². The SMILES string of the molecule is CCOC(=O)CC(=O)NC(CCl)Cc1ccccc1. The van der Waals surface area contributed by atoms with Gasteiger partial charge in [-0.05, 0) is 18.9 Å². The van der Waals surface area contributed by atoms with E-state index in [1.165, 1.54) is 0 Å². The molecule has 4 nitrogen and oxygen atoms in total. The number of benzene rings is 1. The molecule has 1 amide bonds. The highest BCUT2D eigenvalue weighted by atomic mass is 35.5. The van der Waals surface area contributed by atoms with Crippen LogP contribution in [0.5, 0.6) is 0 Å². The summed E-state index contributed by atoms with van der Waals surface area (Å²) in [4.78, 5) is 22.8. The molecule has 0 aliphatic rings. The summed E-state index contributed by atoms with van der Waals surface area (Å²) >= 11 is 5.83. The van der Waals surface area contributed by atoms with Crippen molar-refractivity contribution in [3.05, 3.63) is 35.9 Å². The van der Waals surface area contributed by atoms with Gasteiger partial charge in [0.2, 0.25) is 5.91 Å². The van der Waals surface area contributed by atoms with Crippen LogP contribution in [0, 0.1) is 0 Å². The molecule has 5 heteroatoms.